The lowest BCUT2D eigenvalue weighted by Gasteiger charge is -2.22. The van der Waals surface area contributed by atoms with E-state index in [1.807, 2.05) is 24.3 Å². The van der Waals surface area contributed by atoms with Crippen LogP contribution in [0.5, 0.6) is 0 Å². The molecular weight excluding hydrogens is 262 g/mol. The third kappa shape index (κ3) is 2.85. The summed E-state index contributed by atoms with van der Waals surface area (Å²) in [6, 6.07) is 7.51. The summed E-state index contributed by atoms with van der Waals surface area (Å²) in [5.74, 6) is -0.390. The summed E-state index contributed by atoms with van der Waals surface area (Å²) in [5.41, 5.74) is 6.39. The van der Waals surface area contributed by atoms with E-state index in [0.29, 0.717) is 11.6 Å². The number of nitrogens with two attached hydrogens (primary N) is 1. The molecule has 2 rings (SSSR count). The van der Waals surface area contributed by atoms with E-state index in [1.54, 1.807) is 20.0 Å². The lowest BCUT2D eigenvalue weighted by molar-refractivity contribution is -0.123. The Balaban J connectivity index is 2.32. The van der Waals surface area contributed by atoms with E-state index >= 15 is 0 Å². The molecule has 100 valence electrons. The highest BCUT2D eigenvalue weighted by Gasteiger charge is 2.24. The Morgan fingerprint density at radius 2 is 2.16 bits per heavy atom. The molecule has 0 fully saturated rings. The second-order valence-electron chi connectivity index (χ2n) is 4.95. The Morgan fingerprint density at radius 1 is 1.42 bits per heavy atom. The number of amides is 1. The molecule has 0 bridgehead atoms. The van der Waals surface area contributed by atoms with Crippen LogP contribution >= 0.6 is 11.6 Å². The topological polar surface area (TPSA) is 68.0 Å². The number of hydrogen-bond donors (Lipinski definition) is 2. The molecule has 0 unspecified atom stereocenters. The second-order valence-corrected chi connectivity index (χ2v) is 5.36. The molecule has 1 aromatic carbocycles. The summed E-state index contributed by atoms with van der Waals surface area (Å²) >= 11 is 6.14. The first-order chi connectivity index (χ1) is 8.92. The van der Waals surface area contributed by atoms with Gasteiger partial charge < -0.3 is 5.73 Å². The fraction of sp³-hybridized carbons (Fsp3) is 0.286. The molecule has 0 aliphatic heterocycles. The second kappa shape index (κ2) is 5.15. The average Bonchev–Trinajstić information content (AvgIpc) is 2.38. The van der Waals surface area contributed by atoms with Crippen molar-refractivity contribution < 1.29 is 4.79 Å². The highest BCUT2D eigenvalue weighted by atomic mass is 35.5. The lowest BCUT2D eigenvalue weighted by Crippen LogP contribution is -2.50. The van der Waals surface area contributed by atoms with Crippen molar-refractivity contribution in [3.63, 3.8) is 0 Å². The zero-order valence-electron chi connectivity index (χ0n) is 10.9. The van der Waals surface area contributed by atoms with Gasteiger partial charge in [-0.15, -0.1) is 0 Å². The summed E-state index contributed by atoms with van der Waals surface area (Å²) < 4.78 is 0. The van der Waals surface area contributed by atoms with Gasteiger partial charge in [0.05, 0.1) is 11.1 Å². The third-order valence-corrected chi connectivity index (χ3v) is 3.47. The number of carbonyl (C=O) groups is 1. The molecule has 3 N–H and O–H groups in total. The van der Waals surface area contributed by atoms with Gasteiger partial charge in [-0.25, -0.2) is 0 Å². The van der Waals surface area contributed by atoms with E-state index in [-0.39, 0.29) is 0 Å². The van der Waals surface area contributed by atoms with Gasteiger partial charge in [0.15, 0.2) is 0 Å². The minimum absolute atomic E-state index is 0.390. The van der Waals surface area contributed by atoms with Crippen LogP contribution < -0.4 is 11.1 Å². The maximum atomic E-state index is 11.3. The number of primary amides is 1. The lowest BCUT2D eigenvalue weighted by atomic mass is 10.0. The first-order valence-corrected chi connectivity index (χ1v) is 6.36. The van der Waals surface area contributed by atoms with Gasteiger partial charge in [-0.05, 0) is 37.6 Å². The summed E-state index contributed by atoms with van der Waals surface area (Å²) in [6.07, 6.45) is 1.72. The predicted molar refractivity (Wildman–Crippen MR) is 76.9 cm³/mol. The standard InChI is InChI=1S/C14H16ClN3O/c1-14(2,13(16)19)18-8-9-5-6-11(15)10-4-3-7-17-12(9)10/h3-7,18H,8H2,1-2H3,(H2,16,19). The average molecular weight is 278 g/mol. The highest BCUT2D eigenvalue weighted by molar-refractivity contribution is 6.35. The molecule has 0 spiro atoms. The van der Waals surface area contributed by atoms with Gasteiger partial charge in [0, 0.05) is 23.2 Å². The molecule has 0 aliphatic carbocycles. The Morgan fingerprint density at radius 3 is 2.84 bits per heavy atom. The van der Waals surface area contributed by atoms with Crippen LogP contribution in [0.4, 0.5) is 0 Å². The first-order valence-electron chi connectivity index (χ1n) is 5.99. The van der Waals surface area contributed by atoms with Crippen LogP contribution in [0.2, 0.25) is 5.02 Å². The fourth-order valence-electron chi connectivity index (χ4n) is 1.74. The van der Waals surface area contributed by atoms with E-state index in [4.69, 9.17) is 17.3 Å². The number of halogens is 1. The van der Waals surface area contributed by atoms with Crippen LogP contribution in [-0.4, -0.2) is 16.4 Å². The predicted octanol–water partition coefficient (Wildman–Crippen LogP) is 2.24. The Kier molecular flexibility index (Phi) is 3.73. The number of aromatic nitrogens is 1. The number of benzene rings is 1. The fourth-order valence-corrected chi connectivity index (χ4v) is 1.96. The summed E-state index contributed by atoms with van der Waals surface area (Å²) in [4.78, 5) is 15.6. The summed E-state index contributed by atoms with van der Waals surface area (Å²) in [6.45, 7) is 4.00. The minimum atomic E-state index is -0.763. The maximum absolute atomic E-state index is 11.3. The maximum Gasteiger partial charge on any atom is 0.237 e. The monoisotopic (exact) mass is 277 g/mol. The molecule has 4 nitrogen and oxygen atoms in total. The largest absolute Gasteiger partial charge is 0.368 e. The van der Waals surface area contributed by atoms with Gasteiger partial charge in [-0.2, -0.15) is 0 Å². The zero-order chi connectivity index (χ0) is 14.0. The quantitative estimate of drug-likeness (QED) is 0.901. The van der Waals surface area contributed by atoms with Crippen LogP contribution in [0, 0.1) is 0 Å². The van der Waals surface area contributed by atoms with Gasteiger partial charge in [-0.3, -0.25) is 15.1 Å². The molecule has 0 atom stereocenters. The number of pyridine rings is 1. The summed E-state index contributed by atoms with van der Waals surface area (Å²) in [7, 11) is 0. The van der Waals surface area contributed by atoms with E-state index in [0.717, 1.165) is 16.5 Å². The van der Waals surface area contributed by atoms with Gasteiger partial charge in [0.2, 0.25) is 5.91 Å². The smallest absolute Gasteiger partial charge is 0.237 e. The number of hydrogen-bond acceptors (Lipinski definition) is 3. The van der Waals surface area contributed by atoms with Crippen molar-refractivity contribution in [1.29, 1.82) is 0 Å². The van der Waals surface area contributed by atoms with Gasteiger partial charge in [0.25, 0.3) is 0 Å². The van der Waals surface area contributed by atoms with Crippen molar-refractivity contribution in [2.24, 2.45) is 5.73 Å². The highest BCUT2D eigenvalue weighted by Crippen LogP contribution is 2.24. The van der Waals surface area contributed by atoms with Crippen molar-refractivity contribution >= 4 is 28.4 Å². The van der Waals surface area contributed by atoms with Gasteiger partial charge in [0.1, 0.15) is 0 Å². The minimum Gasteiger partial charge on any atom is -0.368 e. The first kappa shape index (κ1) is 13.8. The molecule has 19 heavy (non-hydrogen) atoms. The van der Waals surface area contributed by atoms with E-state index in [9.17, 15) is 4.79 Å². The van der Waals surface area contributed by atoms with Crippen molar-refractivity contribution in [3.05, 3.63) is 41.0 Å². The molecule has 0 saturated heterocycles. The molecule has 1 amide bonds. The zero-order valence-corrected chi connectivity index (χ0v) is 11.7. The normalized spacial score (nSPS) is 11.7. The van der Waals surface area contributed by atoms with Crippen molar-refractivity contribution in [2.45, 2.75) is 25.9 Å². The van der Waals surface area contributed by atoms with Crippen LogP contribution in [-0.2, 0) is 11.3 Å². The molecule has 0 saturated carbocycles. The molecule has 2 aromatic rings. The molecule has 0 radical (unpaired) electrons. The molecular formula is C14H16ClN3O. The van der Waals surface area contributed by atoms with Crippen LogP contribution in [0.15, 0.2) is 30.5 Å². The number of carbonyl (C=O) groups excluding carboxylic acids is 1. The van der Waals surface area contributed by atoms with Crippen molar-refractivity contribution in [2.75, 3.05) is 0 Å². The van der Waals surface area contributed by atoms with E-state index < -0.39 is 11.4 Å². The molecule has 5 heteroatoms. The summed E-state index contributed by atoms with van der Waals surface area (Å²) in [5, 5.41) is 4.70. The van der Waals surface area contributed by atoms with Crippen molar-refractivity contribution in [1.82, 2.24) is 10.3 Å². The van der Waals surface area contributed by atoms with Crippen LogP contribution in [0.25, 0.3) is 10.9 Å². The van der Waals surface area contributed by atoms with Crippen LogP contribution in [0.1, 0.15) is 19.4 Å². The number of rotatable bonds is 4. The molecule has 1 heterocycles. The number of nitrogens with one attached hydrogen (secondary N) is 1. The number of nitrogens with zero attached hydrogens (tertiary/aromatic N) is 1. The molecule has 0 aliphatic rings. The Bertz CT molecular complexity index is 625. The van der Waals surface area contributed by atoms with Gasteiger partial charge in [-0.1, -0.05) is 17.7 Å². The SMILES string of the molecule is CC(C)(NCc1ccc(Cl)c2cccnc12)C(N)=O. The molecule has 1 aromatic heterocycles. The van der Waals surface area contributed by atoms with E-state index in [1.165, 1.54) is 0 Å². The number of fused-ring (bicyclic) bond motifs is 1. The Labute approximate surface area is 117 Å². The van der Waals surface area contributed by atoms with Gasteiger partial charge >= 0.3 is 0 Å². The van der Waals surface area contributed by atoms with Crippen LogP contribution in [0.3, 0.4) is 0 Å². The van der Waals surface area contributed by atoms with Crippen molar-refractivity contribution in [3.8, 4) is 0 Å². The van der Waals surface area contributed by atoms with E-state index in [2.05, 4.69) is 10.3 Å². The Hall–Kier alpha value is -1.65. The third-order valence-electron chi connectivity index (χ3n) is 3.14.